The van der Waals surface area contributed by atoms with Crippen LogP contribution >= 0.6 is 0 Å². The summed E-state index contributed by atoms with van der Waals surface area (Å²) in [7, 11) is 3.78. The summed E-state index contributed by atoms with van der Waals surface area (Å²) in [6, 6.07) is 3.91. The molecule has 2 atom stereocenters. The van der Waals surface area contributed by atoms with Gasteiger partial charge in [-0.3, -0.25) is 14.4 Å². The van der Waals surface area contributed by atoms with Gasteiger partial charge in [-0.25, -0.2) is 0 Å². The highest BCUT2D eigenvalue weighted by Crippen LogP contribution is 2.36. The number of amides is 1. The van der Waals surface area contributed by atoms with Crippen LogP contribution in [0.2, 0.25) is 0 Å². The van der Waals surface area contributed by atoms with E-state index in [-0.39, 0.29) is 11.9 Å². The molecule has 1 fully saturated rings. The van der Waals surface area contributed by atoms with Crippen LogP contribution in [0.3, 0.4) is 0 Å². The summed E-state index contributed by atoms with van der Waals surface area (Å²) in [5.74, 6) is 0.303. The molecule has 0 aromatic carbocycles. The minimum atomic E-state index is -0.0543. The van der Waals surface area contributed by atoms with Crippen molar-refractivity contribution in [2.45, 2.75) is 25.8 Å². The van der Waals surface area contributed by atoms with Crippen LogP contribution in [0.15, 0.2) is 24.7 Å². The van der Waals surface area contributed by atoms with E-state index < -0.39 is 0 Å². The van der Waals surface area contributed by atoms with Gasteiger partial charge in [-0.05, 0) is 37.9 Å². The molecule has 0 saturated carbocycles. The number of aromatic amines is 1. The summed E-state index contributed by atoms with van der Waals surface area (Å²) in [6.45, 7) is 4.93. The molecule has 0 bridgehead atoms. The van der Waals surface area contributed by atoms with E-state index in [0.29, 0.717) is 23.7 Å². The molecule has 0 unspecified atom stereocenters. The summed E-state index contributed by atoms with van der Waals surface area (Å²) in [4.78, 5) is 19.8. The lowest BCUT2D eigenvalue weighted by Gasteiger charge is -2.42. The van der Waals surface area contributed by atoms with Crippen molar-refractivity contribution < 1.29 is 4.79 Å². The van der Waals surface area contributed by atoms with Gasteiger partial charge in [0, 0.05) is 44.6 Å². The minimum absolute atomic E-state index is 0.0543. The molecule has 1 aliphatic rings. The molecule has 1 aliphatic heterocycles. The van der Waals surface area contributed by atoms with Crippen molar-refractivity contribution in [1.82, 2.24) is 24.6 Å². The Morgan fingerprint density at radius 3 is 2.96 bits per heavy atom. The lowest BCUT2D eigenvalue weighted by molar-refractivity contribution is 0.0589. The molecule has 138 valence electrons. The lowest BCUT2D eigenvalue weighted by atomic mass is 9.85. The van der Waals surface area contributed by atoms with Gasteiger partial charge < -0.3 is 9.88 Å². The van der Waals surface area contributed by atoms with E-state index in [2.05, 4.69) is 28.1 Å². The number of nitriles is 1. The first kappa shape index (κ1) is 18.2. The first-order valence-electron chi connectivity index (χ1n) is 9.10. The monoisotopic (exact) mass is 354 g/mol. The second-order valence-corrected chi connectivity index (χ2v) is 7.02. The molecule has 7 nitrogen and oxygen atoms in total. The Morgan fingerprint density at radius 2 is 2.35 bits per heavy atom. The van der Waals surface area contributed by atoms with Crippen molar-refractivity contribution in [3.05, 3.63) is 41.5 Å². The first-order valence-corrected chi connectivity index (χ1v) is 9.10. The molecule has 1 N–H and O–H groups in total. The maximum absolute atomic E-state index is 12.7. The Labute approximate surface area is 154 Å². The fourth-order valence-electron chi connectivity index (χ4n) is 4.01. The van der Waals surface area contributed by atoms with Gasteiger partial charge in [0.15, 0.2) is 0 Å². The van der Waals surface area contributed by atoms with Crippen LogP contribution in [-0.2, 0) is 7.05 Å². The van der Waals surface area contributed by atoms with Crippen LogP contribution in [0.1, 0.15) is 47.4 Å². The number of carbonyl (C=O) groups excluding carboxylic acids is 1. The van der Waals surface area contributed by atoms with Gasteiger partial charge in [0.25, 0.3) is 5.91 Å². The molecule has 3 heterocycles. The quantitative estimate of drug-likeness (QED) is 0.892. The summed E-state index contributed by atoms with van der Waals surface area (Å²) in [5, 5.41) is 13.3. The smallest absolute Gasteiger partial charge is 0.255 e. The predicted molar refractivity (Wildman–Crippen MR) is 98.4 cm³/mol. The van der Waals surface area contributed by atoms with Crippen LogP contribution in [0.4, 0.5) is 0 Å². The van der Waals surface area contributed by atoms with E-state index in [9.17, 15) is 4.79 Å². The lowest BCUT2D eigenvalue weighted by Crippen LogP contribution is -2.43. The van der Waals surface area contributed by atoms with Gasteiger partial charge in [0.05, 0.1) is 11.8 Å². The molecule has 0 aliphatic carbocycles. The number of piperidine rings is 1. The van der Waals surface area contributed by atoms with Gasteiger partial charge in [-0.1, -0.05) is 6.92 Å². The highest BCUT2D eigenvalue weighted by molar-refractivity contribution is 5.94. The first-order chi connectivity index (χ1) is 12.5. The zero-order valence-electron chi connectivity index (χ0n) is 15.6. The number of rotatable bonds is 5. The Balaban J connectivity index is 1.77. The third-order valence-electron chi connectivity index (χ3n) is 5.24. The third kappa shape index (κ3) is 3.65. The second kappa shape index (κ2) is 7.75. The maximum Gasteiger partial charge on any atom is 0.255 e. The Kier molecular flexibility index (Phi) is 5.43. The van der Waals surface area contributed by atoms with Crippen LogP contribution in [-0.4, -0.2) is 57.2 Å². The average Bonchev–Trinajstić information content (AvgIpc) is 3.29. The third-order valence-corrected chi connectivity index (χ3v) is 5.24. The van der Waals surface area contributed by atoms with E-state index in [1.54, 1.807) is 17.2 Å². The fourth-order valence-corrected chi connectivity index (χ4v) is 4.01. The Hall–Kier alpha value is -2.59. The van der Waals surface area contributed by atoms with E-state index >= 15 is 0 Å². The van der Waals surface area contributed by atoms with E-state index in [1.165, 1.54) is 5.56 Å². The summed E-state index contributed by atoms with van der Waals surface area (Å²) in [6.07, 6.45) is 7.86. The van der Waals surface area contributed by atoms with Crippen LogP contribution < -0.4 is 0 Å². The molecule has 2 aromatic heterocycles. The molecule has 1 saturated heterocycles. The zero-order chi connectivity index (χ0) is 18.7. The second-order valence-electron chi connectivity index (χ2n) is 7.02. The minimum Gasteiger partial charge on any atom is -0.352 e. The van der Waals surface area contributed by atoms with Crippen molar-refractivity contribution in [2.24, 2.45) is 13.0 Å². The molecule has 7 heteroatoms. The maximum atomic E-state index is 12.7. The van der Waals surface area contributed by atoms with Gasteiger partial charge in [-0.15, -0.1) is 0 Å². The van der Waals surface area contributed by atoms with Crippen molar-refractivity contribution >= 4 is 5.91 Å². The fraction of sp³-hybridized carbons (Fsp3) is 0.526. The molecule has 0 radical (unpaired) electrons. The Bertz CT molecular complexity index is 801. The molecule has 2 aromatic rings. The number of hydrogen-bond acceptors (Lipinski definition) is 4. The topological polar surface area (TPSA) is 81.0 Å². The SMILES string of the molecule is CCN1CCC[C@@H](CN(C)C(=O)c2c[nH]c(C#N)c2)[C@@H]1c1cnn(C)c1. The number of aromatic nitrogens is 3. The summed E-state index contributed by atoms with van der Waals surface area (Å²) in [5.41, 5.74) is 2.16. The van der Waals surface area contributed by atoms with Crippen LogP contribution in [0.5, 0.6) is 0 Å². The normalized spacial score (nSPS) is 20.7. The number of likely N-dealkylation sites (tertiary alicyclic amines) is 1. The summed E-state index contributed by atoms with van der Waals surface area (Å²) < 4.78 is 1.84. The highest BCUT2D eigenvalue weighted by atomic mass is 16.2. The van der Waals surface area contributed by atoms with Gasteiger partial charge in [0.1, 0.15) is 11.8 Å². The Morgan fingerprint density at radius 1 is 1.54 bits per heavy atom. The van der Waals surface area contributed by atoms with E-state index in [4.69, 9.17) is 5.26 Å². The van der Waals surface area contributed by atoms with Crippen molar-refractivity contribution in [3.8, 4) is 6.07 Å². The predicted octanol–water partition coefficient (Wildman–Crippen LogP) is 2.17. The van der Waals surface area contributed by atoms with Crippen molar-refractivity contribution in [1.29, 1.82) is 5.26 Å². The number of H-pyrrole nitrogens is 1. The molecular formula is C19H26N6O. The number of nitrogens with zero attached hydrogens (tertiary/aromatic N) is 5. The largest absolute Gasteiger partial charge is 0.352 e. The molecule has 3 rings (SSSR count). The summed E-state index contributed by atoms with van der Waals surface area (Å²) >= 11 is 0. The number of carbonyl (C=O) groups is 1. The molecule has 0 spiro atoms. The van der Waals surface area contributed by atoms with Crippen LogP contribution in [0, 0.1) is 17.2 Å². The van der Waals surface area contributed by atoms with Crippen LogP contribution in [0.25, 0.3) is 0 Å². The standard InChI is InChI=1S/C19H26N6O/c1-4-25-7-5-6-14(18(25)16-11-22-24(3)13-16)12-23(2)19(26)15-8-17(9-20)21-10-15/h8,10-11,13-14,18,21H,4-7,12H2,1-3H3/t14-,18+/m0/s1. The van der Waals surface area contributed by atoms with E-state index in [1.807, 2.05) is 31.0 Å². The van der Waals surface area contributed by atoms with Crippen molar-refractivity contribution in [2.75, 3.05) is 26.7 Å². The van der Waals surface area contributed by atoms with Gasteiger partial charge >= 0.3 is 0 Å². The number of aryl methyl sites for hydroxylation is 1. The molecule has 1 amide bonds. The number of nitrogens with one attached hydrogen (secondary N) is 1. The van der Waals surface area contributed by atoms with Gasteiger partial charge in [-0.2, -0.15) is 10.4 Å². The van der Waals surface area contributed by atoms with Crippen molar-refractivity contribution in [3.63, 3.8) is 0 Å². The highest BCUT2D eigenvalue weighted by Gasteiger charge is 2.34. The zero-order valence-corrected chi connectivity index (χ0v) is 15.6. The molecule has 26 heavy (non-hydrogen) atoms. The number of hydrogen-bond donors (Lipinski definition) is 1. The molecular weight excluding hydrogens is 328 g/mol. The van der Waals surface area contributed by atoms with Gasteiger partial charge in [0.2, 0.25) is 0 Å². The average molecular weight is 354 g/mol. The van der Waals surface area contributed by atoms with E-state index in [0.717, 1.165) is 25.9 Å².